The van der Waals surface area contributed by atoms with Gasteiger partial charge in [-0.05, 0) is 24.3 Å². The average Bonchev–Trinajstić information content (AvgIpc) is 3.23. The van der Waals surface area contributed by atoms with Gasteiger partial charge < -0.3 is 20.2 Å². The minimum atomic E-state index is -5.35. The highest BCUT2D eigenvalue weighted by Gasteiger charge is 2.66. The minimum Gasteiger partial charge on any atom is -0.459 e. The second kappa shape index (κ2) is 7.99. The maximum Gasteiger partial charge on any atom is 0.437 e. The van der Waals surface area contributed by atoms with E-state index in [-0.39, 0.29) is 17.1 Å². The van der Waals surface area contributed by atoms with Gasteiger partial charge in [-0.3, -0.25) is 4.79 Å². The number of ketones is 1. The fourth-order valence-corrected chi connectivity index (χ4v) is 3.87. The Balaban J connectivity index is 1.81. The summed E-state index contributed by atoms with van der Waals surface area (Å²) in [4.78, 5) is 25.2. The van der Waals surface area contributed by atoms with E-state index in [1.165, 1.54) is 41.7 Å². The number of carbonyl (C=O) groups is 2. The number of nitrogens with one attached hydrogen (secondary N) is 2. The van der Waals surface area contributed by atoms with Gasteiger partial charge in [0.25, 0.3) is 0 Å². The summed E-state index contributed by atoms with van der Waals surface area (Å²) >= 11 is 5.98. The Morgan fingerprint density at radius 1 is 1.06 bits per heavy atom. The highest BCUT2D eigenvalue weighted by Crippen LogP contribution is 2.44. The molecule has 3 N–H and O–H groups in total. The molecule has 32 heavy (non-hydrogen) atoms. The molecule has 166 valence electrons. The zero-order chi connectivity index (χ0) is 23.1. The molecule has 4 rings (SSSR count). The number of halogens is 4. The molecular formula is C22H16ClF3N2O4. The lowest BCUT2D eigenvalue weighted by molar-refractivity contribution is -0.288. The molecule has 0 radical (unpaired) electrons. The number of hydrogen-bond donors (Lipinski definition) is 3. The van der Waals surface area contributed by atoms with E-state index >= 15 is 0 Å². The Labute approximate surface area is 185 Å². The smallest absolute Gasteiger partial charge is 0.437 e. The molecule has 1 saturated heterocycles. The Kier molecular flexibility index (Phi) is 5.47. The lowest BCUT2D eigenvalue weighted by Crippen LogP contribution is -2.72. The maximum atomic E-state index is 13.9. The Hall–Kier alpha value is -3.30. The highest BCUT2D eigenvalue weighted by molar-refractivity contribution is 6.30. The molecule has 0 aliphatic carbocycles. The third kappa shape index (κ3) is 3.85. The van der Waals surface area contributed by atoms with Crippen molar-refractivity contribution in [2.45, 2.75) is 17.9 Å². The van der Waals surface area contributed by atoms with Crippen molar-refractivity contribution in [1.82, 2.24) is 10.6 Å². The van der Waals surface area contributed by atoms with Gasteiger partial charge in [-0.2, -0.15) is 13.2 Å². The highest BCUT2D eigenvalue weighted by atomic mass is 35.5. The van der Waals surface area contributed by atoms with Gasteiger partial charge in [0.1, 0.15) is 23.5 Å². The van der Waals surface area contributed by atoms with Gasteiger partial charge in [-0.25, -0.2) is 4.79 Å². The van der Waals surface area contributed by atoms with Crippen LogP contribution in [0.1, 0.15) is 22.2 Å². The molecule has 2 aromatic carbocycles. The SMILES string of the molecule is O=C1N[C@H](c2ccc(-c3cccc(Cl)c3)o2)[C@@H](C(=O)c2ccccc2)[C@@](O)(C(F)(F)F)N1. The normalized spacial score (nSPS) is 23.3. The number of rotatable bonds is 4. The first-order valence-corrected chi connectivity index (χ1v) is 9.80. The summed E-state index contributed by atoms with van der Waals surface area (Å²) in [5, 5.41) is 14.8. The second-order valence-electron chi connectivity index (χ2n) is 7.26. The Morgan fingerprint density at radius 2 is 1.78 bits per heavy atom. The first-order chi connectivity index (χ1) is 15.1. The number of amides is 2. The van der Waals surface area contributed by atoms with E-state index in [1.807, 2.05) is 0 Å². The van der Waals surface area contributed by atoms with Crippen LogP contribution in [-0.2, 0) is 0 Å². The van der Waals surface area contributed by atoms with Crippen LogP contribution in [0.2, 0.25) is 5.02 Å². The number of hydrogen-bond acceptors (Lipinski definition) is 4. The fourth-order valence-electron chi connectivity index (χ4n) is 3.68. The molecule has 0 saturated carbocycles. The van der Waals surface area contributed by atoms with Crippen LogP contribution in [0, 0.1) is 5.92 Å². The summed E-state index contributed by atoms with van der Waals surface area (Å²) < 4.78 is 47.5. The summed E-state index contributed by atoms with van der Waals surface area (Å²) in [7, 11) is 0. The summed E-state index contributed by atoms with van der Waals surface area (Å²) in [6.07, 6.45) is -5.35. The number of benzene rings is 2. The van der Waals surface area contributed by atoms with Crippen LogP contribution in [-0.4, -0.2) is 28.8 Å². The lowest BCUT2D eigenvalue weighted by Gasteiger charge is -2.44. The van der Waals surface area contributed by atoms with Gasteiger partial charge >= 0.3 is 12.2 Å². The molecule has 6 nitrogen and oxygen atoms in total. The van der Waals surface area contributed by atoms with Gasteiger partial charge in [0, 0.05) is 16.1 Å². The Bertz CT molecular complexity index is 1170. The molecule has 1 aliphatic rings. The predicted molar refractivity (Wildman–Crippen MR) is 109 cm³/mol. The number of carbonyl (C=O) groups excluding carboxylic acids is 2. The third-order valence-corrected chi connectivity index (χ3v) is 5.42. The summed E-state index contributed by atoms with van der Waals surface area (Å²) in [5.74, 6) is -3.06. The number of furan rings is 1. The molecule has 10 heteroatoms. The lowest BCUT2D eigenvalue weighted by atomic mass is 9.79. The van der Waals surface area contributed by atoms with Crippen molar-refractivity contribution in [3.05, 3.63) is 83.1 Å². The van der Waals surface area contributed by atoms with Crippen molar-refractivity contribution >= 4 is 23.4 Å². The molecule has 3 aromatic rings. The molecule has 2 heterocycles. The van der Waals surface area contributed by atoms with E-state index in [4.69, 9.17) is 16.0 Å². The van der Waals surface area contributed by atoms with E-state index < -0.39 is 35.7 Å². The molecular weight excluding hydrogens is 449 g/mol. The van der Waals surface area contributed by atoms with E-state index in [0.29, 0.717) is 10.6 Å². The van der Waals surface area contributed by atoms with Gasteiger partial charge in [-0.1, -0.05) is 54.1 Å². The second-order valence-corrected chi connectivity index (χ2v) is 7.70. The van der Waals surface area contributed by atoms with E-state index in [0.717, 1.165) is 0 Å². The van der Waals surface area contributed by atoms with Gasteiger partial charge in [0.05, 0.1) is 0 Å². The van der Waals surface area contributed by atoms with Crippen molar-refractivity contribution < 1.29 is 32.3 Å². The molecule has 2 amide bonds. The topological polar surface area (TPSA) is 91.6 Å². The number of aliphatic hydroxyl groups is 1. The van der Waals surface area contributed by atoms with Gasteiger partial charge in [0.2, 0.25) is 5.72 Å². The maximum absolute atomic E-state index is 13.9. The molecule has 1 aliphatic heterocycles. The van der Waals surface area contributed by atoms with Gasteiger partial charge in [-0.15, -0.1) is 0 Å². The summed E-state index contributed by atoms with van der Waals surface area (Å²) in [5.41, 5.74) is -3.35. The number of alkyl halides is 3. The van der Waals surface area contributed by atoms with Crippen molar-refractivity contribution in [2.24, 2.45) is 5.92 Å². The quantitative estimate of drug-likeness (QED) is 0.488. The minimum absolute atomic E-state index is 0.0651. The Morgan fingerprint density at radius 3 is 2.44 bits per heavy atom. The van der Waals surface area contributed by atoms with Crippen LogP contribution in [0.3, 0.4) is 0 Å². The summed E-state index contributed by atoms with van der Waals surface area (Å²) in [6, 6.07) is 13.7. The molecule has 1 fully saturated rings. The average molecular weight is 465 g/mol. The van der Waals surface area contributed by atoms with Crippen molar-refractivity contribution in [3.63, 3.8) is 0 Å². The van der Waals surface area contributed by atoms with Crippen LogP contribution in [0.5, 0.6) is 0 Å². The zero-order valence-electron chi connectivity index (χ0n) is 16.2. The van der Waals surface area contributed by atoms with Crippen molar-refractivity contribution in [2.75, 3.05) is 0 Å². The molecule has 0 bridgehead atoms. The predicted octanol–water partition coefficient (Wildman–Crippen LogP) is 4.70. The molecule has 3 atom stereocenters. The third-order valence-electron chi connectivity index (χ3n) is 5.19. The first-order valence-electron chi connectivity index (χ1n) is 9.43. The van der Waals surface area contributed by atoms with Crippen molar-refractivity contribution in [1.29, 1.82) is 0 Å². The zero-order valence-corrected chi connectivity index (χ0v) is 16.9. The number of urea groups is 1. The molecule has 1 aromatic heterocycles. The van der Waals surface area contributed by atoms with E-state index in [9.17, 15) is 27.9 Å². The fraction of sp³-hybridized carbons (Fsp3) is 0.182. The monoisotopic (exact) mass is 464 g/mol. The molecule has 0 spiro atoms. The van der Waals surface area contributed by atoms with Crippen LogP contribution >= 0.6 is 11.6 Å². The van der Waals surface area contributed by atoms with Gasteiger partial charge in [0.15, 0.2) is 5.78 Å². The van der Waals surface area contributed by atoms with Crippen LogP contribution in [0.15, 0.2) is 71.1 Å². The van der Waals surface area contributed by atoms with Crippen LogP contribution in [0.4, 0.5) is 18.0 Å². The van der Waals surface area contributed by atoms with E-state index in [1.54, 1.807) is 30.3 Å². The molecule has 0 unspecified atom stereocenters. The standard InChI is InChI=1S/C22H16ClF3N2O4/c23-14-8-4-7-13(11-14)15-9-10-16(32-15)18-17(19(29)12-5-2-1-3-6-12)21(31,22(24,25)26)28-20(30)27-18/h1-11,17-18,31H,(H2,27,28,30)/t17-,18+,21+/m0/s1. The van der Waals surface area contributed by atoms with Crippen molar-refractivity contribution in [3.8, 4) is 11.3 Å². The summed E-state index contributed by atoms with van der Waals surface area (Å²) in [6.45, 7) is 0. The van der Waals surface area contributed by atoms with E-state index in [2.05, 4.69) is 5.32 Å². The van der Waals surface area contributed by atoms with Crippen LogP contribution in [0.25, 0.3) is 11.3 Å². The first kappa shape index (κ1) is 21.9. The van der Waals surface area contributed by atoms with Crippen LogP contribution < -0.4 is 10.6 Å². The largest absolute Gasteiger partial charge is 0.459 e. The number of Topliss-reactive ketones (excluding diaryl/α,β-unsaturated/α-hetero) is 1.